The van der Waals surface area contributed by atoms with Crippen LogP contribution in [-0.4, -0.2) is 69.6 Å². The molecule has 0 radical (unpaired) electrons. The van der Waals surface area contributed by atoms with E-state index in [-0.39, 0.29) is 24.3 Å². The van der Waals surface area contributed by atoms with Gasteiger partial charge in [0.2, 0.25) is 0 Å². The normalized spacial score (nSPS) is 44.7. The number of aliphatic hydroxyl groups is 2. The summed E-state index contributed by atoms with van der Waals surface area (Å²) in [5, 5.41) is 30.5. The van der Waals surface area contributed by atoms with Crippen molar-refractivity contribution in [1.29, 1.82) is 0 Å². The van der Waals surface area contributed by atoms with Crippen LogP contribution in [0.1, 0.15) is 25.7 Å². The average molecular weight is 377 g/mol. The van der Waals surface area contributed by atoms with Gasteiger partial charge in [-0.2, -0.15) is 0 Å². The third kappa shape index (κ3) is 2.92. The molecule has 148 valence electrons. The summed E-state index contributed by atoms with van der Waals surface area (Å²) in [4.78, 5) is 26.0. The van der Waals surface area contributed by atoms with Crippen LogP contribution in [0.25, 0.3) is 0 Å². The number of esters is 1. The van der Waals surface area contributed by atoms with E-state index in [0.717, 1.165) is 12.0 Å². The van der Waals surface area contributed by atoms with Gasteiger partial charge in [0.1, 0.15) is 12.1 Å². The van der Waals surface area contributed by atoms with E-state index >= 15 is 0 Å². The van der Waals surface area contributed by atoms with Crippen molar-refractivity contribution in [3.05, 3.63) is 24.3 Å². The molecule has 0 bridgehead atoms. The number of carboxylic acid groups (broad SMARTS) is 1. The number of nitrogens with zero attached hydrogens (tertiary/aromatic N) is 1. The SMILES string of the molecule is C=C1[C@@H]2[C@@H]3OC(=O)[C@@H](CN4CCC[C@H]4C(=O)O)[C@@H]3[C@@H](O)CC(=C)[C@@H]2C[C@@H]1O. The summed E-state index contributed by atoms with van der Waals surface area (Å²) in [5.41, 5.74) is 1.50. The van der Waals surface area contributed by atoms with Crippen molar-refractivity contribution in [2.75, 3.05) is 13.1 Å². The Bertz CT molecular complexity index is 690. The van der Waals surface area contributed by atoms with Crippen LogP contribution in [0, 0.1) is 23.7 Å². The molecule has 27 heavy (non-hydrogen) atoms. The second-order valence-electron chi connectivity index (χ2n) is 8.46. The van der Waals surface area contributed by atoms with Crippen LogP contribution in [0.3, 0.4) is 0 Å². The fourth-order valence-electron chi connectivity index (χ4n) is 5.69. The van der Waals surface area contributed by atoms with Crippen molar-refractivity contribution in [3.63, 3.8) is 0 Å². The first kappa shape index (κ1) is 18.7. The number of ether oxygens (including phenoxy) is 1. The van der Waals surface area contributed by atoms with Gasteiger partial charge in [-0.15, -0.1) is 0 Å². The summed E-state index contributed by atoms with van der Waals surface area (Å²) in [6.07, 6.45) is 0.224. The molecule has 2 aliphatic heterocycles. The monoisotopic (exact) mass is 377 g/mol. The highest BCUT2D eigenvalue weighted by Crippen LogP contribution is 2.52. The molecule has 2 aliphatic carbocycles. The van der Waals surface area contributed by atoms with E-state index in [1.807, 2.05) is 4.90 Å². The first-order valence-corrected chi connectivity index (χ1v) is 9.69. The van der Waals surface area contributed by atoms with Crippen LogP contribution >= 0.6 is 0 Å². The highest BCUT2D eigenvalue weighted by Gasteiger charge is 2.58. The first-order valence-electron chi connectivity index (χ1n) is 9.69. The first-order chi connectivity index (χ1) is 12.8. The molecule has 2 saturated heterocycles. The molecule has 8 atom stereocenters. The smallest absolute Gasteiger partial charge is 0.320 e. The van der Waals surface area contributed by atoms with Crippen LogP contribution in [0.15, 0.2) is 24.3 Å². The number of aliphatic hydroxyl groups excluding tert-OH is 2. The lowest BCUT2D eigenvalue weighted by molar-refractivity contribution is -0.148. The van der Waals surface area contributed by atoms with Crippen molar-refractivity contribution >= 4 is 11.9 Å². The Morgan fingerprint density at radius 2 is 2.04 bits per heavy atom. The number of carboxylic acids is 1. The largest absolute Gasteiger partial charge is 0.480 e. The molecular formula is C20H27NO6. The molecule has 0 amide bonds. The second kappa shape index (κ2) is 6.72. The molecule has 0 aromatic carbocycles. The molecule has 4 rings (SSSR count). The Morgan fingerprint density at radius 3 is 2.74 bits per heavy atom. The van der Waals surface area contributed by atoms with Crippen LogP contribution in [0.2, 0.25) is 0 Å². The lowest BCUT2D eigenvalue weighted by Crippen LogP contribution is -2.44. The van der Waals surface area contributed by atoms with Gasteiger partial charge in [-0.05, 0) is 43.7 Å². The molecule has 0 aromatic rings. The minimum atomic E-state index is -0.877. The molecule has 2 saturated carbocycles. The summed E-state index contributed by atoms with van der Waals surface area (Å²) in [6.45, 7) is 9.02. The van der Waals surface area contributed by atoms with Gasteiger partial charge in [0, 0.05) is 18.4 Å². The molecule has 0 spiro atoms. The van der Waals surface area contributed by atoms with Gasteiger partial charge in [-0.25, -0.2) is 0 Å². The Kier molecular flexibility index (Phi) is 4.64. The molecule has 2 heterocycles. The molecule has 3 N–H and O–H groups in total. The fourth-order valence-corrected chi connectivity index (χ4v) is 5.69. The topological polar surface area (TPSA) is 107 Å². The number of aliphatic carboxylic acids is 1. The Morgan fingerprint density at radius 1 is 1.30 bits per heavy atom. The third-order valence-electron chi connectivity index (χ3n) is 7.04. The predicted octanol–water partition coefficient (Wildman–Crippen LogP) is 0.567. The summed E-state index contributed by atoms with van der Waals surface area (Å²) in [5.74, 6) is -2.58. The van der Waals surface area contributed by atoms with E-state index in [1.165, 1.54) is 0 Å². The van der Waals surface area contributed by atoms with Crippen molar-refractivity contribution in [2.24, 2.45) is 23.7 Å². The van der Waals surface area contributed by atoms with E-state index in [0.29, 0.717) is 31.4 Å². The zero-order valence-electron chi connectivity index (χ0n) is 15.3. The number of hydrogen-bond acceptors (Lipinski definition) is 6. The van der Waals surface area contributed by atoms with E-state index in [4.69, 9.17) is 4.74 Å². The van der Waals surface area contributed by atoms with Gasteiger partial charge in [-0.3, -0.25) is 14.5 Å². The van der Waals surface area contributed by atoms with Gasteiger partial charge in [0.25, 0.3) is 0 Å². The maximum Gasteiger partial charge on any atom is 0.320 e. The van der Waals surface area contributed by atoms with Gasteiger partial charge in [-0.1, -0.05) is 18.7 Å². The molecule has 7 nitrogen and oxygen atoms in total. The van der Waals surface area contributed by atoms with Crippen molar-refractivity contribution in [2.45, 2.75) is 50.0 Å². The Balaban J connectivity index is 1.62. The minimum absolute atomic E-state index is 0.0535. The van der Waals surface area contributed by atoms with Crippen molar-refractivity contribution in [3.8, 4) is 0 Å². The average Bonchev–Trinajstić information content (AvgIpc) is 3.24. The van der Waals surface area contributed by atoms with E-state index in [2.05, 4.69) is 13.2 Å². The van der Waals surface area contributed by atoms with Gasteiger partial charge in [0.05, 0.1) is 18.1 Å². The number of carbonyl (C=O) groups is 2. The number of rotatable bonds is 3. The molecule has 0 unspecified atom stereocenters. The fraction of sp³-hybridized carbons (Fsp3) is 0.700. The molecular weight excluding hydrogens is 350 g/mol. The van der Waals surface area contributed by atoms with Crippen molar-refractivity contribution in [1.82, 2.24) is 4.90 Å². The predicted molar refractivity (Wildman–Crippen MR) is 95.6 cm³/mol. The van der Waals surface area contributed by atoms with E-state index in [9.17, 15) is 24.9 Å². The van der Waals surface area contributed by atoms with E-state index < -0.39 is 42.2 Å². The van der Waals surface area contributed by atoms with Crippen LogP contribution in [-0.2, 0) is 14.3 Å². The third-order valence-corrected chi connectivity index (χ3v) is 7.04. The lowest BCUT2D eigenvalue weighted by atomic mass is 9.78. The number of likely N-dealkylation sites (tertiary alicyclic amines) is 1. The van der Waals surface area contributed by atoms with Crippen LogP contribution in [0.5, 0.6) is 0 Å². The highest BCUT2D eigenvalue weighted by molar-refractivity contribution is 5.77. The zero-order valence-corrected chi connectivity index (χ0v) is 15.3. The maximum absolute atomic E-state index is 12.7. The Hall–Kier alpha value is -1.70. The van der Waals surface area contributed by atoms with E-state index in [1.54, 1.807) is 0 Å². The number of hydrogen-bond donors (Lipinski definition) is 3. The lowest BCUT2D eigenvalue weighted by Gasteiger charge is -2.30. The number of carbonyl (C=O) groups excluding carboxylic acids is 1. The second-order valence-corrected chi connectivity index (χ2v) is 8.46. The standard InChI is InChI=1S/C20H27NO6/c1-9-6-15(23)17-12(8-21-5-3-4-13(21)19(24)25)20(26)27-18(17)16-10(2)14(22)7-11(9)16/h11-18,22-23H,1-8H2,(H,24,25)/t11-,12-,13-,14-,15-,16-,17+,18-/m0/s1. The highest BCUT2D eigenvalue weighted by atomic mass is 16.6. The Labute approximate surface area is 158 Å². The summed E-state index contributed by atoms with van der Waals surface area (Å²) >= 11 is 0. The zero-order chi connectivity index (χ0) is 19.5. The minimum Gasteiger partial charge on any atom is -0.480 e. The summed E-state index contributed by atoms with van der Waals surface area (Å²) < 4.78 is 5.73. The molecule has 7 heteroatoms. The quantitative estimate of drug-likeness (QED) is 0.487. The molecule has 4 aliphatic rings. The van der Waals surface area contributed by atoms with Gasteiger partial charge >= 0.3 is 11.9 Å². The summed E-state index contributed by atoms with van der Waals surface area (Å²) in [6, 6.07) is -0.592. The number of fused-ring (bicyclic) bond motifs is 3. The van der Waals surface area contributed by atoms with Gasteiger partial charge in [0.15, 0.2) is 0 Å². The van der Waals surface area contributed by atoms with Crippen LogP contribution in [0.4, 0.5) is 0 Å². The maximum atomic E-state index is 12.7. The molecule has 0 aromatic heterocycles. The van der Waals surface area contributed by atoms with Crippen molar-refractivity contribution < 1.29 is 29.6 Å². The van der Waals surface area contributed by atoms with Gasteiger partial charge < -0.3 is 20.1 Å². The molecule has 4 fully saturated rings. The van der Waals surface area contributed by atoms with Crippen LogP contribution < -0.4 is 0 Å². The summed E-state index contributed by atoms with van der Waals surface area (Å²) in [7, 11) is 0.